The van der Waals surface area contributed by atoms with E-state index in [1.54, 1.807) is 0 Å². The van der Waals surface area contributed by atoms with Gasteiger partial charge in [-0.1, -0.05) is 35.9 Å². The van der Waals surface area contributed by atoms with Crippen molar-refractivity contribution in [2.75, 3.05) is 0 Å². The minimum atomic E-state index is 0.432. The second kappa shape index (κ2) is 5.02. The number of benzene rings is 2. The van der Waals surface area contributed by atoms with Gasteiger partial charge in [0.25, 0.3) is 0 Å². The first-order chi connectivity index (χ1) is 8.16. The van der Waals surface area contributed by atoms with Crippen LogP contribution in [-0.2, 0) is 0 Å². The zero-order chi connectivity index (χ0) is 12.3. The highest BCUT2D eigenvalue weighted by atomic mass is 35.5. The molecular weight excluding hydrogens is 232 g/mol. The fourth-order valence-electron chi connectivity index (χ4n) is 1.53. The van der Waals surface area contributed by atoms with Crippen molar-refractivity contribution in [1.29, 1.82) is 0 Å². The maximum Gasteiger partial charge on any atom is 0.132 e. The average molecular weight is 245 g/mol. The van der Waals surface area contributed by atoms with Crippen molar-refractivity contribution in [3.05, 3.63) is 64.7 Å². The van der Waals surface area contributed by atoms with Crippen LogP contribution in [0, 0.1) is 6.92 Å². The Morgan fingerprint density at radius 1 is 1.12 bits per heavy atom. The Morgan fingerprint density at radius 2 is 1.82 bits per heavy atom. The molecule has 2 nitrogen and oxygen atoms in total. The molecule has 0 heterocycles. The second-order valence-electron chi connectivity index (χ2n) is 3.82. The topological polar surface area (TPSA) is 38.4 Å². The van der Waals surface area contributed by atoms with Crippen LogP contribution in [0.2, 0.25) is 5.02 Å². The molecule has 86 valence electrons. The molecule has 17 heavy (non-hydrogen) atoms. The van der Waals surface area contributed by atoms with Gasteiger partial charge in [-0.15, -0.1) is 0 Å². The summed E-state index contributed by atoms with van der Waals surface area (Å²) >= 11 is 6.13. The van der Waals surface area contributed by atoms with E-state index in [1.807, 2.05) is 55.5 Å². The lowest BCUT2D eigenvalue weighted by atomic mass is 10.1. The van der Waals surface area contributed by atoms with Crippen molar-refractivity contribution in [2.45, 2.75) is 6.92 Å². The Morgan fingerprint density at radius 3 is 2.47 bits per heavy atom. The molecule has 0 saturated carbocycles. The van der Waals surface area contributed by atoms with Crippen LogP contribution in [0.25, 0.3) is 0 Å². The Labute approximate surface area is 106 Å². The standard InChI is InChI=1S/C14H13ClN2/c1-10-7-8-12(13(15)9-10)14(16)17-11-5-3-2-4-6-11/h2-9H,1H3,(H2,16,17). The first-order valence-corrected chi connectivity index (χ1v) is 5.70. The van der Waals surface area contributed by atoms with Gasteiger partial charge >= 0.3 is 0 Å². The number of aryl methyl sites for hydroxylation is 1. The molecule has 0 spiro atoms. The van der Waals surface area contributed by atoms with E-state index in [4.69, 9.17) is 17.3 Å². The predicted octanol–water partition coefficient (Wildman–Crippen LogP) is 3.69. The summed E-state index contributed by atoms with van der Waals surface area (Å²) in [5.41, 5.74) is 8.63. The highest BCUT2D eigenvalue weighted by molar-refractivity contribution is 6.34. The van der Waals surface area contributed by atoms with Crippen molar-refractivity contribution in [2.24, 2.45) is 10.7 Å². The fourth-order valence-corrected chi connectivity index (χ4v) is 1.86. The zero-order valence-electron chi connectivity index (χ0n) is 9.52. The number of amidine groups is 1. The zero-order valence-corrected chi connectivity index (χ0v) is 10.3. The number of nitrogens with two attached hydrogens (primary N) is 1. The minimum Gasteiger partial charge on any atom is -0.383 e. The van der Waals surface area contributed by atoms with E-state index in [9.17, 15) is 0 Å². The number of hydrogen-bond donors (Lipinski definition) is 1. The summed E-state index contributed by atoms with van der Waals surface area (Å²) in [6.45, 7) is 1.99. The van der Waals surface area contributed by atoms with Crippen LogP contribution in [0.5, 0.6) is 0 Å². The van der Waals surface area contributed by atoms with Gasteiger partial charge < -0.3 is 5.73 Å². The van der Waals surface area contributed by atoms with Gasteiger partial charge in [0.05, 0.1) is 10.7 Å². The van der Waals surface area contributed by atoms with Crippen LogP contribution in [0.3, 0.4) is 0 Å². The molecule has 3 heteroatoms. The average Bonchev–Trinajstić information content (AvgIpc) is 2.30. The molecule has 0 saturated heterocycles. The normalized spacial score (nSPS) is 11.5. The van der Waals surface area contributed by atoms with E-state index in [0.29, 0.717) is 10.9 Å². The largest absolute Gasteiger partial charge is 0.383 e. The molecule has 0 atom stereocenters. The Kier molecular flexibility index (Phi) is 3.45. The second-order valence-corrected chi connectivity index (χ2v) is 4.22. The number of aliphatic imine (C=N–C) groups is 1. The van der Waals surface area contributed by atoms with Crippen LogP contribution in [0.15, 0.2) is 53.5 Å². The smallest absolute Gasteiger partial charge is 0.132 e. The molecule has 0 aliphatic heterocycles. The van der Waals surface area contributed by atoms with Crippen molar-refractivity contribution < 1.29 is 0 Å². The molecule has 0 aliphatic rings. The highest BCUT2D eigenvalue weighted by Crippen LogP contribution is 2.19. The van der Waals surface area contributed by atoms with E-state index in [2.05, 4.69) is 4.99 Å². The fraction of sp³-hybridized carbons (Fsp3) is 0.0714. The van der Waals surface area contributed by atoms with Gasteiger partial charge in [-0.05, 0) is 36.8 Å². The predicted molar refractivity (Wildman–Crippen MR) is 73.0 cm³/mol. The number of para-hydroxylation sites is 1. The molecule has 0 fully saturated rings. The van der Waals surface area contributed by atoms with E-state index in [1.165, 1.54) is 0 Å². The van der Waals surface area contributed by atoms with Gasteiger partial charge in [0.2, 0.25) is 0 Å². The van der Waals surface area contributed by atoms with Crippen molar-refractivity contribution in [1.82, 2.24) is 0 Å². The lowest BCUT2D eigenvalue weighted by molar-refractivity contribution is 1.42. The summed E-state index contributed by atoms with van der Waals surface area (Å²) in [5.74, 6) is 0.432. The van der Waals surface area contributed by atoms with Gasteiger partial charge in [-0.3, -0.25) is 0 Å². The van der Waals surface area contributed by atoms with Crippen LogP contribution in [0.4, 0.5) is 5.69 Å². The Balaban J connectivity index is 2.37. The summed E-state index contributed by atoms with van der Waals surface area (Å²) in [5, 5.41) is 0.627. The minimum absolute atomic E-state index is 0.432. The SMILES string of the molecule is Cc1ccc(C(N)=Nc2ccccc2)c(Cl)c1. The van der Waals surface area contributed by atoms with Gasteiger partial charge in [0.15, 0.2) is 0 Å². The van der Waals surface area contributed by atoms with Crippen LogP contribution in [0.1, 0.15) is 11.1 Å². The van der Waals surface area contributed by atoms with Gasteiger partial charge in [0, 0.05) is 5.56 Å². The third-order valence-electron chi connectivity index (χ3n) is 2.41. The van der Waals surface area contributed by atoms with Gasteiger partial charge in [0.1, 0.15) is 5.84 Å². The number of rotatable bonds is 2. The summed E-state index contributed by atoms with van der Waals surface area (Å²) < 4.78 is 0. The Hall–Kier alpha value is -1.80. The van der Waals surface area contributed by atoms with Gasteiger partial charge in [-0.2, -0.15) is 0 Å². The molecule has 0 unspecified atom stereocenters. The van der Waals surface area contributed by atoms with E-state index >= 15 is 0 Å². The number of hydrogen-bond acceptors (Lipinski definition) is 1. The molecule has 0 bridgehead atoms. The van der Waals surface area contributed by atoms with Crippen LogP contribution < -0.4 is 5.73 Å². The first-order valence-electron chi connectivity index (χ1n) is 5.32. The van der Waals surface area contributed by atoms with E-state index in [0.717, 1.165) is 16.8 Å². The van der Waals surface area contributed by atoms with E-state index < -0.39 is 0 Å². The molecule has 0 aromatic heterocycles. The highest BCUT2D eigenvalue weighted by Gasteiger charge is 2.04. The maximum absolute atomic E-state index is 6.13. The summed E-state index contributed by atoms with van der Waals surface area (Å²) in [6.07, 6.45) is 0. The third-order valence-corrected chi connectivity index (χ3v) is 2.72. The monoisotopic (exact) mass is 244 g/mol. The van der Waals surface area contributed by atoms with Crippen molar-refractivity contribution in [3.63, 3.8) is 0 Å². The molecule has 0 aliphatic carbocycles. The molecule has 2 aromatic carbocycles. The third kappa shape index (κ3) is 2.86. The summed E-state index contributed by atoms with van der Waals surface area (Å²) in [4.78, 5) is 4.33. The van der Waals surface area contributed by atoms with Crippen LogP contribution >= 0.6 is 11.6 Å². The number of halogens is 1. The van der Waals surface area contributed by atoms with Gasteiger partial charge in [-0.25, -0.2) is 4.99 Å². The summed E-state index contributed by atoms with van der Waals surface area (Å²) in [6, 6.07) is 15.3. The van der Waals surface area contributed by atoms with Crippen LogP contribution in [-0.4, -0.2) is 5.84 Å². The lowest BCUT2D eigenvalue weighted by Crippen LogP contribution is -2.13. The number of nitrogens with zero attached hydrogens (tertiary/aromatic N) is 1. The van der Waals surface area contributed by atoms with E-state index in [-0.39, 0.29) is 0 Å². The molecule has 2 aromatic rings. The molecule has 0 amide bonds. The van der Waals surface area contributed by atoms with Crippen molar-refractivity contribution in [3.8, 4) is 0 Å². The maximum atomic E-state index is 6.13. The molecular formula is C14H13ClN2. The molecule has 2 N–H and O–H groups in total. The van der Waals surface area contributed by atoms with Crippen molar-refractivity contribution >= 4 is 23.1 Å². The lowest BCUT2D eigenvalue weighted by Gasteiger charge is -2.04. The Bertz CT molecular complexity index is 547. The summed E-state index contributed by atoms with van der Waals surface area (Å²) in [7, 11) is 0. The molecule has 0 radical (unpaired) electrons. The quantitative estimate of drug-likeness (QED) is 0.635. The molecule has 2 rings (SSSR count). The first kappa shape index (κ1) is 11.7.